The Kier molecular flexibility index (Phi) is 2.23. The summed E-state index contributed by atoms with van der Waals surface area (Å²) in [5, 5.41) is 0.449. The van der Waals surface area contributed by atoms with Crippen molar-refractivity contribution in [2.45, 2.75) is 32.0 Å². The lowest BCUT2D eigenvalue weighted by atomic mass is 10.2. The van der Waals surface area contributed by atoms with Crippen LogP contribution in [0.2, 0.25) is 0 Å². The van der Waals surface area contributed by atoms with E-state index < -0.39 is 9.84 Å². The van der Waals surface area contributed by atoms with E-state index in [1.807, 2.05) is 18.7 Å². The predicted octanol–water partition coefficient (Wildman–Crippen LogP) is 0.177. The van der Waals surface area contributed by atoms with Crippen molar-refractivity contribution in [3.63, 3.8) is 0 Å². The fourth-order valence-corrected chi connectivity index (χ4v) is 4.38. The van der Waals surface area contributed by atoms with E-state index in [4.69, 9.17) is 17.0 Å². The first kappa shape index (κ1) is 10.2. The van der Waals surface area contributed by atoms with E-state index in [9.17, 15) is 8.42 Å². The number of ether oxygens (including phenoxy) is 1. The first-order valence-electron chi connectivity index (χ1n) is 4.60. The molecule has 0 aromatic rings. The first-order valence-corrected chi connectivity index (χ1v) is 6.83. The number of thiocarbonyl (C=S) groups is 1. The van der Waals surface area contributed by atoms with Gasteiger partial charge in [0.1, 0.15) is 6.10 Å². The topological polar surface area (TPSA) is 46.6 Å². The monoisotopic (exact) mass is 235 g/mol. The second-order valence-electron chi connectivity index (χ2n) is 4.07. The summed E-state index contributed by atoms with van der Waals surface area (Å²) in [6, 6.07) is 0.137. The average molecular weight is 235 g/mol. The molecule has 0 unspecified atom stereocenters. The average Bonchev–Trinajstić information content (AvgIpc) is 2.37. The molecule has 2 saturated heterocycles. The van der Waals surface area contributed by atoms with Crippen LogP contribution in [0.1, 0.15) is 13.8 Å². The van der Waals surface area contributed by atoms with Gasteiger partial charge in [-0.3, -0.25) is 0 Å². The molecule has 2 fully saturated rings. The molecule has 0 aromatic carbocycles. The quantitative estimate of drug-likeness (QED) is 0.607. The van der Waals surface area contributed by atoms with Crippen LogP contribution in [0.25, 0.3) is 0 Å². The molecule has 0 saturated carbocycles. The van der Waals surface area contributed by atoms with Crippen LogP contribution in [-0.4, -0.2) is 48.2 Å². The molecule has 0 spiro atoms. The maximum Gasteiger partial charge on any atom is 0.260 e. The molecule has 0 N–H and O–H groups in total. The zero-order valence-corrected chi connectivity index (χ0v) is 9.77. The zero-order valence-electron chi connectivity index (χ0n) is 8.13. The Labute approximate surface area is 89.1 Å². The highest BCUT2D eigenvalue weighted by Gasteiger charge is 2.49. The van der Waals surface area contributed by atoms with Crippen molar-refractivity contribution in [3.05, 3.63) is 0 Å². The van der Waals surface area contributed by atoms with Crippen molar-refractivity contribution < 1.29 is 13.2 Å². The number of nitrogens with zero attached hydrogens (tertiary/aromatic N) is 1. The van der Waals surface area contributed by atoms with Crippen molar-refractivity contribution >= 4 is 27.2 Å². The number of hydrogen-bond acceptors (Lipinski definition) is 4. The Morgan fingerprint density at radius 3 is 2.71 bits per heavy atom. The smallest absolute Gasteiger partial charge is 0.260 e. The highest BCUT2D eigenvalue weighted by Crippen LogP contribution is 2.29. The standard InChI is InChI=1S/C8H13NO3S2/c1-5(2)9-6-3-14(10,11)4-7(6)12-8(9)13/h5-7H,3-4H2,1-2H3/t6-,7+/m0/s1. The molecule has 0 aliphatic carbocycles. The van der Waals surface area contributed by atoms with Crippen molar-refractivity contribution in [2.75, 3.05) is 11.5 Å². The lowest BCUT2D eigenvalue weighted by Crippen LogP contribution is -2.41. The minimum Gasteiger partial charge on any atom is -0.464 e. The van der Waals surface area contributed by atoms with E-state index in [0.717, 1.165) is 0 Å². The highest BCUT2D eigenvalue weighted by molar-refractivity contribution is 7.91. The second-order valence-corrected chi connectivity index (χ2v) is 6.57. The second kappa shape index (κ2) is 3.06. The van der Waals surface area contributed by atoms with Crippen LogP contribution in [0, 0.1) is 0 Å². The maximum atomic E-state index is 11.4. The molecule has 0 radical (unpaired) electrons. The molecule has 4 nitrogen and oxygen atoms in total. The molecular formula is C8H13NO3S2. The van der Waals surface area contributed by atoms with Crippen molar-refractivity contribution in [3.8, 4) is 0 Å². The van der Waals surface area contributed by atoms with Gasteiger partial charge in [0.2, 0.25) is 0 Å². The van der Waals surface area contributed by atoms with Crippen LogP contribution >= 0.6 is 12.2 Å². The molecule has 6 heteroatoms. The van der Waals surface area contributed by atoms with Crippen molar-refractivity contribution in [2.24, 2.45) is 0 Å². The van der Waals surface area contributed by atoms with Crippen LogP contribution < -0.4 is 0 Å². The zero-order chi connectivity index (χ0) is 10.5. The van der Waals surface area contributed by atoms with Gasteiger partial charge in [0, 0.05) is 6.04 Å². The number of fused-ring (bicyclic) bond motifs is 1. The van der Waals surface area contributed by atoms with Gasteiger partial charge in [-0.15, -0.1) is 0 Å². The van der Waals surface area contributed by atoms with E-state index in [1.165, 1.54) is 0 Å². The molecule has 2 atom stereocenters. The van der Waals surface area contributed by atoms with E-state index in [-0.39, 0.29) is 29.7 Å². The third-order valence-electron chi connectivity index (χ3n) is 2.65. The van der Waals surface area contributed by atoms with Crippen LogP contribution in [0.5, 0.6) is 0 Å². The summed E-state index contributed by atoms with van der Waals surface area (Å²) >= 11 is 5.05. The van der Waals surface area contributed by atoms with Crippen LogP contribution in [0.4, 0.5) is 0 Å². The molecule has 2 heterocycles. The molecule has 0 bridgehead atoms. The SMILES string of the molecule is CC(C)N1C(=S)O[C@@H]2CS(=O)(=O)C[C@@H]21. The largest absolute Gasteiger partial charge is 0.464 e. The van der Waals surface area contributed by atoms with Crippen molar-refractivity contribution in [1.82, 2.24) is 4.90 Å². The van der Waals surface area contributed by atoms with Gasteiger partial charge in [0.05, 0.1) is 17.5 Å². The molecule has 2 aliphatic rings. The summed E-state index contributed by atoms with van der Waals surface area (Å²) in [5.41, 5.74) is 0. The predicted molar refractivity (Wildman–Crippen MR) is 56.9 cm³/mol. The molecule has 0 aromatic heterocycles. The van der Waals surface area contributed by atoms with Gasteiger partial charge in [-0.25, -0.2) is 8.42 Å². The summed E-state index contributed by atoms with van der Waals surface area (Å²) < 4.78 is 28.1. The van der Waals surface area contributed by atoms with Gasteiger partial charge in [0.25, 0.3) is 5.17 Å². The molecule has 2 aliphatic heterocycles. The first-order chi connectivity index (χ1) is 6.41. The van der Waals surface area contributed by atoms with Gasteiger partial charge in [-0.2, -0.15) is 0 Å². The van der Waals surface area contributed by atoms with Gasteiger partial charge in [-0.05, 0) is 26.1 Å². The van der Waals surface area contributed by atoms with E-state index >= 15 is 0 Å². The summed E-state index contributed by atoms with van der Waals surface area (Å²) in [5.74, 6) is 0.289. The Balaban J connectivity index is 2.26. The van der Waals surface area contributed by atoms with Gasteiger partial charge in [0.15, 0.2) is 9.84 Å². The minimum absolute atomic E-state index is 0.0625. The molecule has 0 amide bonds. The summed E-state index contributed by atoms with van der Waals surface area (Å²) in [6.07, 6.45) is -0.241. The molecule has 14 heavy (non-hydrogen) atoms. The molecule has 80 valence electrons. The van der Waals surface area contributed by atoms with E-state index in [0.29, 0.717) is 5.17 Å². The normalized spacial score (nSPS) is 34.8. The molecular weight excluding hydrogens is 222 g/mol. The third kappa shape index (κ3) is 1.50. The fourth-order valence-electron chi connectivity index (χ4n) is 2.09. The highest BCUT2D eigenvalue weighted by atomic mass is 32.2. The maximum absolute atomic E-state index is 11.4. The summed E-state index contributed by atoms with van der Waals surface area (Å²) in [7, 11) is -2.92. The van der Waals surface area contributed by atoms with Gasteiger partial charge in [-0.1, -0.05) is 0 Å². The van der Waals surface area contributed by atoms with Crippen LogP contribution in [0.3, 0.4) is 0 Å². The van der Waals surface area contributed by atoms with E-state index in [1.54, 1.807) is 0 Å². The number of rotatable bonds is 1. The summed E-state index contributed by atoms with van der Waals surface area (Å²) in [4.78, 5) is 1.89. The van der Waals surface area contributed by atoms with Crippen molar-refractivity contribution in [1.29, 1.82) is 0 Å². The fraction of sp³-hybridized carbons (Fsp3) is 0.875. The van der Waals surface area contributed by atoms with Crippen LogP contribution in [-0.2, 0) is 14.6 Å². The van der Waals surface area contributed by atoms with E-state index in [2.05, 4.69) is 0 Å². The van der Waals surface area contributed by atoms with Gasteiger partial charge < -0.3 is 9.64 Å². The molecule has 2 rings (SSSR count). The van der Waals surface area contributed by atoms with Gasteiger partial charge >= 0.3 is 0 Å². The Morgan fingerprint density at radius 1 is 1.50 bits per heavy atom. The summed E-state index contributed by atoms with van der Waals surface area (Å²) in [6.45, 7) is 3.98. The number of hydrogen-bond donors (Lipinski definition) is 0. The minimum atomic E-state index is -2.92. The Hall–Kier alpha value is -0.360. The van der Waals surface area contributed by atoms with Crippen LogP contribution in [0.15, 0.2) is 0 Å². The number of sulfone groups is 1. The lowest BCUT2D eigenvalue weighted by Gasteiger charge is -2.25. The Bertz CT molecular complexity index is 363. The third-order valence-corrected chi connectivity index (χ3v) is 4.64. The Morgan fingerprint density at radius 2 is 2.14 bits per heavy atom. The lowest BCUT2D eigenvalue weighted by molar-refractivity contribution is 0.227.